The topological polar surface area (TPSA) is 58.2 Å². The highest BCUT2D eigenvalue weighted by molar-refractivity contribution is 7.16. The first-order valence-electron chi connectivity index (χ1n) is 9.20. The summed E-state index contributed by atoms with van der Waals surface area (Å²) in [5, 5.41) is 6.41. The van der Waals surface area contributed by atoms with Crippen molar-refractivity contribution < 1.29 is 9.59 Å². The molecule has 0 unspecified atom stereocenters. The fourth-order valence-electron chi connectivity index (χ4n) is 2.69. The van der Waals surface area contributed by atoms with Crippen LogP contribution >= 0.6 is 22.9 Å². The van der Waals surface area contributed by atoms with Crippen molar-refractivity contribution in [3.63, 3.8) is 0 Å². The Labute approximate surface area is 179 Å². The van der Waals surface area contributed by atoms with Crippen molar-refractivity contribution in [2.24, 2.45) is 0 Å². The van der Waals surface area contributed by atoms with Gasteiger partial charge < -0.3 is 10.6 Å². The highest BCUT2D eigenvalue weighted by Crippen LogP contribution is 2.30. The van der Waals surface area contributed by atoms with Crippen LogP contribution < -0.4 is 10.6 Å². The molecule has 2 amide bonds. The summed E-state index contributed by atoms with van der Waals surface area (Å²) in [5.74, 6) is -0.292. The Balaban J connectivity index is 1.67. The molecule has 2 N–H and O–H groups in total. The van der Waals surface area contributed by atoms with Crippen LogP contribution in [0.4, 0.5) is 11.4 Å². The van der Waals surface area contributed by atoms with Crippen LogP contribution in [0.1, 0.15) is 23.8 Å². The third-order valence-electron chi connectivity index (χ3n) is 4.34. The van der Waals surface area contributed by atoms with E-state index in [0.29, 0.717) is 22.8 Å². The van der Waals surface area contributed by atoms with Gasteiger partial charge in [-0.25, -0.2) is 0 Å². The van der Waals surface area contributed by atoms with E-state index in [9.17, 15) is 9.59 Å². The third kappa shape index (κ3) is 5.56. The van der Waals surface area contributed by atoms with Crippen molar-refractivity contribution in [1.82, 2.24) is 0 Å². The standard InChI is InChI=1S/C23H21ClN2O2S/c1-3-22(27)25-19-5-4-6-20(15(19)2)26-23(28)14-12-18-11-13-21(29-18)16-7-9-17(24)10-8-16/h4-14H,3H2,1-2H3,(H,25,27)(H,26,28)/b14-12-. The third-order valence-corrected chi connectivity index (χ3v) is 5.69. The Morgan fingerprint density at radius 2 is 1.69 bits per heavy atom. The molecule has 3 aromatic rings. The van der Waals surface area contributed by atoms with Crippen molar-refractivity contribution in [1.29, 1.82) is 0 Å². The molecule has 2 aromatic carbocycles. The zero-order valence-electron chi connectivity index (χ0n) is 16.2. The van der Waals surface area contributed by atoms with Gasteiger partial charge in [0.05, 0.1) is 0 Å². The Kier molecular flexibility index (Phi) is 6.86. The Bertz CT molecular complexity index is 1050. The average Bonchev–Trinajstić information content (AvgIpc) is 3.19. The second-order valence-corrected chi connectivity index (χ2v) is 7.96. The molecular weight excluding hydrogens is 404 g/mol. The van der Waals surface area contributed by atoms with Crippen LogP contribution in [-0.2, 0) is 9.59 Å². The average molecular weight is 425 g/mol. The molecule has 4 nitrogen and oxygen atoms in total. The van der Waals surface area contributed by atoms with Crippen LogP contribution in [0.25, 0.3) is 16.5 Å². The molecule has 29 heavy (non-hydrogen) atoms. The highest BCUT2D eigenvalue weighted by atomic mass is 35.5. The molecule has 1 heterocycles. The normalized spacial score (nSPS) is 10.9. The predicted molar refractivity (Wildman–Crippen MR) is 123 cm³/mol. The second kappa shape index (κ2) is 9.54. The number of carbonyl (C=O) groups excluding carboxylic acids is 2. The minimum Gasteiger partial charge on any atom is -0.326 e. The van der Waals surface area contributed by atoms with E-state index in [1.807, 2.05) is 55.5 Å². The number of rotatable bonds is 6. The van der Waals surface area contributed by atoms with Crippen LogP contribution in [0.3, 0.4) is 0 Å². The summed E-state index contributed by atoms with van der Waals surface area (Å²) in [4.78, 5) is 26.1. The van der Waals surface area contributed by atoms with Gasteiger partial charge in [0.25, 0.3) is 0 Å². The molecule has 6 heteroatoms. The maximum absolute atomic E-state index is 12.3. The lowest BCUT2D eigenvalue weighted by Crippen LogP contribution is -2.13. The van der Waals surface area contributed by atoms with E-state index < -0.39 is 0 Å². The number of thiophene rings is 1. The molecule has 1 aromatic heterocycles. The fraction of sp³-hybridized carbons (Fsp3) is 0.130. The lowest BCUT2D eigenvalue weighted by Gasteiger charge is -2.12. The van der Waals surface area contributed by atoms with E-state index in [1.165, 1.54) is 6.08 Å². The molecule has 3 rings (SSSR count). The van der Waals surface area contributed by atoms with Crippen LogP contribution in [0.2, 0.25) is 5.02 Å². The lowest BCUT2D eigenvalue weighted by molar-refractivity contribution is -0.116. The van der Waals surface area contributed by atoms with Gasteiger partial charge in [0, 0.05) is 38.6 Å². The molecule has 0 saturated carbocycles. The van der Waals surface area contributed by atoms with E-state index in [0.717, 1.165) is 20.9 Å². The maximum atomic E-state index is 12.3. The monoisotopic (exact) mass is 424 g/mol. The van der Waals surface area contributed by atoms with Gasteiger partial charge in [-0.15, -0.1) is 11.3 Å². The van der Waals surface area contributed by atoms with Gasteiger partial charge in [0.15, 0.2) is 0 Å². The summed E-state index contributed by atoms with van der Waals surface area (Å²) in [6.07, 6.45) is 3.70. The molecule has 0 saturated heterocycles. The van der Waals surface area contributed by atoms with E-state index in [4.69, 9.17) is 11.6 Å². The number of hydrogen-bond donors (Lipinski definition) is 2. The molecule has 0 spiro atoms. The Hall–Kier alpha value is -2.89. The number of hydrogen-bond acceptors (Lipinski definition) is 3. The highest BCUT2D eigenvalue weighted by Gasteiger charge is 2.08. The molecule has 0 aliphatic rings. The number of carbonyl (C=O) groups is 2. The second-order valence-electron chi connectivity index (χ2n) is 6.41. The molecule has 0 aliphatic heterocycles. The van der Waals surface area contributed by atoms with Crippen molar-refractivity contribution in [3.8, 4) is 10.4 Å². The van der Waals surface area contributed by atoms with E-state index in [-0.39, 0.29) is 11.8 Å². The minimum atomic E-state index is -0.228. The lowest BCUT2D eigenvalue weighted by atomic mass is 10.1. The molecule has 0 fully saturated rings. The molecular formula is C23H21ClN2O2S. The first kappa shape index (κ1) is 20.8. The summed E-state index contributed by atoms with van der Waals surface area (Å²) in [6, 6.07) is 17.1. The number of amides is 2. The van der Waals surface area contributed by atoms with E-state index in [1.54, 1.807) is 30.4 Å². The van der Waals surface area contributed by atoms with Gasteiger partial charge in [-0.05, 0) is 60.5 Å². The van der Waals surface area contributed by atoms with Crippen molar-refractivity contribution in [3.05, 3.63) is 76.1 Å². The van der Waals surface area contributed by atoms with Gasteiger partial charge in [-0.3, -0.25) is 9.59 Å². The van der Waals surface area contributed by atoms with Gasteiger partial charge in [0.1, 0.15) is 0 Å². The first-order chi connectivity index (χ1) is 14.0. The minimum absolute atomic E-state index is 0.0642. The molecule has 0 aliphatic carbocycles. The van der Waals surface area contributed by atoms with Gasteiger partial charge >= 0.3 is 0 Å². The summed E-state index contributed by atoms with van der Waals surface area (Å²) >= 11 is 7.53. The number of halogens is 1. The van der Waals surface area contributed by atoms with Crippen LogP contribution in [0, 0.1) is 6.92 Å². The number of benzene rings is 2. The van der Waals surface area contributed by atoms with Gasteiger partial charge in [-0.2, -0.15) is 0 Å². The largest absolute Gasteiger partial charge is 0.326 e. The number of nitrogens with one attached hydrogen (secondary N) is 2. The molecule has 0 radical (unpaired) electrons. The zero-order valence-corrected chi connectivity index (χ0v) is 17.7. The summed E-state index contributed by atoms with van der Waals surface area (Å²) in [6.45, 7) is 3.66. The smallest absolute Gasteiger partial charge is 0.248 e. The summed E-state index contributed by atoms with van der Waals surface area (Å²) in [5.41, 5.74) is 3.27. The van der Waals surface area contributed by atoms with Crippen molar-refractivity contribution >= 4 is 52.2 Å². The van der Waals surface area contributed by atoms with E-state index >= 15 is 0 Å². The van der Waals surface area contributed by atoms with Crippen molar-refractivity contribution in [2.45, 2.75) is 20.3 Å². The summed E-state index contributed by atoms with van der Waals surface area (Å²) < 4.78 is 0. The quantitative estimate of drug-likeness (QED) is 0.451. The van der Waals surface area contributed by atoms with Gasteiger partial charge in [0.2, 0.25) is 11.8 Å². The SMILES string of the molecule is CCC(=O)Nc1cccc(NC(=O)/C=C\c2ccc(-c3ccc(Cl)cc3)s2)c1C. The van der Waals surface area contributed by atoms with E-state index in [2.05, 4.69) is 10.6 Å². The molecule has 0 atom stereocenters. The summed E-state index contributed by atoms with van der Waals surface area (Å²) in [7, 11) is 0. The predicted octanol–water partition coefficient (Wildman–Crippen LogP) is 6.38. The molecule has 148 valence electrons. The maximum Gasteiger partial charge on any atom is 0.248 e. The van der Waals surface area contributed by atoms with Gasteiger partial charge in [-0.1, -0.05) is 36.7 Å². The first-order valence-corrected chi connectivity index (χ1v) is 10.4. The Morgan fingerprint density at radius 1 is 1.00 bits per heavy atom. The fourth-order valence-corrected chi connectivity index (χ4v) is 3.73. The van der Waals surface area contributed by atoms with Crippen LogP contribution in [-0.4, -0.2) is 11.8 Å². The Morgan fingerprint density at radius 3 is 2.38 bits per heavy atom. The van der Waals surface area contributed by atoms with Crippen LogP contribution in [0.5, 0.6) is 0 Å². The number of anilines is 2. The van der Waals surface area contributed by atoms with Crippen molar-refractivity contribution in [2.75, 3.05) is 10.6 Å². The molecule has 0 bridgehead atoms. The van der Waals surface area contributed by atoms with Crippen LogP contribution in [0.15, 0.2) is 60.7 Å². The zero-order chi connectivity index (χ0) is 20.8.